The number of nitrogens with zero attached hydrogens (tertiary/aromatic N) is 1. The second-order valence-electron chi connectivity index (χ2n) is 5.06. The van der Waals surface area contributed by atoms with Gasteiger partial charge in [0.1, 0.15) is 0 Å². The average molecular weight is 251 g/mol. The predicted molar refractivity (Wildman–Crippen MR) is 66.7 cm³/mol. The number of rotatable bonds is 2. The molecule has 1 saturated heterocycles. The van der Waals surface area contributed by atoms with E-state index in [1.165, 1.54) is 0 Å². The van der Waals surface area contributed by atoms with Crippen LogP contribution in [0.5, 0.6) is 0 Å². The number of hydrogen-bond acceptors (Lipinski definition) is 3. The van der Waals surface area contributed by atoms with E-state index in [0.717, 1.165) is 0 Å². The summed E-state index contributed by atoms with van der Waals surface area (Å²) in [6, 6.07) is 0. The average Bonchev–Trinajstić information content (AvgIpc) is 2.15. The van der Waals surface area contributed by atoms with E-state index in [1.807, 2.05) is 32.6 Å². The lowest BCUT2D eigenvalue weighted by Crippen LogP contribution is -2.53. The molecule has 16 heavy (non-hydrogen) atoms. The third kappa shape index (κ3) is 3.61. The number of ether oxygens (including phenoxy) is 1. The molecule has 1 rings (SSSR count). The Bertz CT molecular complexity index is 236. The van der Waals surface area contributed by atoms with Gasteiger partial charge in [0.15, 0.2) is 0 Å². The van der Waals surface area contributed by atoms with E-state index in [-0.39, 0.29) is 30.5 Å². The van der Waals surface area contributed by atoms with Gasteiger partial charge in [-0.05, 0) is 27.7 Å². The molecule has 0 saturated carbocycles. The molecule has 0 aromatic carbocycles. The molecule has 1 amide bonds. The fourth-order valence-corrected chi connectivity index (χ4v) is 1.86. The summed E-state index contributed by atoms with van der Waals surface area (Å²) in [4.78, 5) is 14.0. The summed E-state index contributed by atoms with van der Waals surface area (Å²) >= 11 is 0. The van der Waals surface area contributed by atoms with Gasteiger partial charge in [-0.2, -0.15) is 0 Å². The topological polar surface area (TPSA) is 55.6 Å². The van der Waals surface area contributed by atoms with Gasteiger partial charge in [0.05, 0.1) is 17.6 Å². The van der Waals surface area contributed by atoms with E-state index in [1.54, 1.807) is 0 Å². The van der Waals surface area contributed by atoms with E-state index in [0.29, 0.717) is 19.6 Å². The molecule has 0 aromatic rings. The van der Waals surface area contributed by atoms with Crippen molar-refractivity contribution < 1.29 is 9.53 Å². The third-order valence-corrected chi connectivity index (χ3v) is 2.80. The smallest absolute Gasteiger partial charge is 0.229 e. The van der Waals surface area contributed by atoms with E-state index < -0.39 is 5.41 Å². The molecule has 4 nitrogen and oxygen atoms in total. The van der Waals surface area contributed by atoms with E-state index in [2.05, 4.69) is 0 Å². The lowest BCUT2D eigenvalue weighted by atomic mass is 9.91. The third-order valence-electron chi connectivity index (χ3n) is 2.80. The molecule has 2 N–H and O–H groups in total. The number of halogens is 1. The lowest BCUT2D eigenvalue weighted by molar-refractivity contribution is -0.151. The summed E-state index contributed by atoms with van der Waals surface area (Å²) in [5.41, 5.74) is 5.14. The van der Waals surface area contributed by atoms with Gasteiger partial charge in [0, 0.05) is 19.6 Å². The van der Waals surface area contributed by atoms with Crippen LogP contribution in [-0.2, 0) is 9.53 Å². The van der Waals surface area contributed by atoms with Gasteiger partial charge < -0.3 is 15.4 Å². The van der Waals surface area contributed by atoms with Crippen LogP contribution in [0.1, 0.15) is 27.7 Å². The zero-order valence-electron chi connectivity index (χ0n) is 10.5. The first kappa shape index (κ1) is 15.7. The van der Waals surface area contributed by atoms with Crippen molar-refractivity contribution in [1.82, 2.24) is 4.90 Å². The van der Waals surface area contributed by atoms with Gasteiger partial charge in [0.2, 0.25) is 5.91 Å². The molecule has 1 aliphatic heterocycles. The summed E-state index contributed by atoms with van der Waals surface area (Å²) in [5, 5.41) is 0. The number of nitrogens with two attached hydrogens (primary N) is 1. The summed E-state index contributed by atoms with van der Waals surface area (Å²) in [7, 11) is 0. The number of carbonyl (C=O) groups excluding carboxylic acids is 1. The van der Waals surface area contributed by atoms with Gasteiger partial charge in [0.25, 0.3) is 0 Å². The fourth-order valence-electron chi connectivity index (χ4n) is 1.86. The van der Waals surface area contributed by atoms with Gasteiger partial charge in [-0.1, -0.05) is 0 Å². The van der Waals surface area contributed by atoms with Crippen LogP contribution in [0.15, 0.2) is 0 Å². The van der Waals surface area contributed by atoms with Crippen molar-refractivity contribution in [3.05, 3.63) is 0 Å². The highest BCUT2D eigenvalue weighted by molar-refractivity contribution is 5.85. The molecule has 1 heterocycles. The Morgan fingerprint density at radius 1 is 1.38 bits per heavy atom. The Labute approximate surface area is 104 Å². The van der Waals surface area contributed by atoms with Crippen LogP contribution in [0.4, 0.5) is 0 Å². The van der Waals surface area contributed by atoms with E-state index >= 15 is 0 Å². The monoisotopic (exact) mass is 250 g/mol. The molecule has 0 aliphatic carbocycles. The minimum Gasteiger partial charge on any atom is -0.372 e. The maximum Gasteiger partial charge on any atom is 0.229 e. The summed E-state index contributed by atoms with van der Waals surface area (Å²) < 4.78 is 5.59. The molecule has 0 radical (unpaired) electrons. The molecular weight excluding hydrogens is 228 g/mol. The van der Waals surface area contributed by atoms with Crippen molar-refractivity contribution in [2.75, 3.05) is 19.6 Å². The number of morpholine rings is 1. The van der Waals surface area contributed by atoms with Crippen molar-refractivity contribution in [3.8, 4) is 0 Å². The summed E-state index contributed by atoms with van der Waals surface area (Å²) in [6.45, 7) is 9.49. The van der Waals surface area contributed by atoms with Crippen molar-refractivity contribution >= 4 is 18.3 Å². The quantitative estimate of drug-likeness (QED) is 0.797. The maximum absolute atomic E-state index is 12.1. The Hall–Kier alpha value is -0.320. The molecule has 0 spiro atoms. The Kier molecular flexibility index (Phi) is 5.73. The highest BCUT2D eigenvalue weighted by atomic mass is 35.5. The first-order valence-corrected chi connectivity index (χ1v) is 5.51. The van der Waals surface area contributed by atoms with E-state index in [4.69, 9.17) is 10.5 Å². The molecule has 1 aliphatic rings. The van der Waals surface area contributed by atoms with Crippen molar-refractivity contribution in [1.29, 1.82) is 0 Å². The van der Waals surface area contributed by atoms with Crippen LogP contribution < -0.4 is 5.73 Å². The normalized spacial score (nSPS) is 26.2. The first-order valence-electron chi connectivity index (χ1n) is 5.51. The fraction of sp³-hybridized carbons (Fsp3) is 0.909. The van der Waals surface area contributed by atoms with Crippen molar-refractivity contribution in [2.24, 2.45) is 11.1 Å². The second-order valence-corrected chi connectivity index (χ2v) is 5.06. The standard InChI is InChI=1S/C11H22N2O2.ClH/c1-8-5-13(6-9(2)15-8)10(14)11(3,4)7-12;/h8-9H,5-7,12H2,1-4H3;1H/t8-,9+;. The predicted octanol–water partition coefficient (Wildman–Crippen LogP) is 1.03. The second kappa shape index (κ2) is 5.84. The van der Waals surface area contributed by atoms with Gasteiger partial charge in [-0.3, -0.25) is 4.79 Å². The Morgan fingerprint density at radius 2 is 1.81 bits per heavy atom. The molecule has 5 heteroatoms. The van der Waals surface area contributed by atoms with Crippen LogP contribution in [0.25, 0.3) is 0 Å². The molecular formula is C11H23ClN2O2. The SMILES string of the molecule is C[C@@H]1CN(C(=O)C(C)(C)CN)C[C@H](C)O1.Cl. The van der Waals surface area contributed by atoms with Crippen LogP contribution >= 0.6 is 12.4 Å². The minimum absolute atomic E-state index is 0. The van der Waals surface area contributed by atoms with Gasteiger partial charge >= 0.3 is 0 Å². The molecule has 96 valence electrons. The highest BCUT2D eigenvalue weighted by Gasteiger charge is 2.34. The number of hydrogen-bond donors (Lipinski definition) is 1. The molecule has 2 atom stereocenters. The number of amides is 1. The highest BCUT2D eigenvalue weighted by Crippen LogP contribution is 2.20. The minimum atomic E-state index is -0.462. The molecule has 0 bridgehead atoms. The zero-order chi connectivity index (χ0) is 11.6. The van der Waals surface area contributed by atoms with Crippen LogP contribution in [0, 0.1) is 5.41 Å². The van der Waals surface area contributed by atoms with Crippen LogP contribution in [-0.4, -0.2) is 42.6 Å². The zero-order valence-corrected chi connectivity index (χ0v) is 11.3. The first-order chi connectivity index (χ1) is 6.86. The number of carbonyl (C=O) groups is 1. The van der Waals surface area contributed by atoms with Gasteiger partial charge in [-0.15, -0.1) is 12.4 Å². The summed E-state index contributed by atoms with van der Waals surface area (Å²) in [5.74, 6) is 0.131. The maximum atomic E-state index is 12.1. The van der Waals surface area contributed by atoms with Crippen molar-refractivity contribution in [3.63, 3.8) is 0 Å². The van der Waals surface area contributed by atoms with Crippen LogP contribution in [0.3, 0.4) is 0 Å². The lowest BCUT2D eigenvalue weighted by Gasteiger charge is -2.39. The molecule has 1 fully saturated rings. The van der Waals surface area contributed by atoms with Gasteiger partial charge in [-0.25, -0.2) is 0 Å². The largest absolute Gasteiger partial charge is 0.372 e. The Balaban J connectivity index is 0.00000225. The summed E-state index contributed by atoms with van der Waals surface area (Å²) in [6.07, 6.45) is 0.234. The molecule has 0 unspecified atom stereocenters. The van der Waals surface area contributed by atoms with E-state index in [9.17, 15) is 4.79 Å². The Morgan fingerprint density at radius 3 is 2.19 bits per heavy atom. The van der Waals surface area contributed by atoms with Crippen molar-refractivity contribution in [2.45, 2.75) is 39.9 Å². The molecule has 0 aromatic heterocycles. The van der Waals surface area contributed by atoms with Crippen LogP contribution in [0.2, 0.25) is 0 Å².